The zero-order valence-corrected chi connectivity index (χ0v) is 11.6. The number of aryl methyl sites for hydroxylation is 1. The molecular weight excluding hydrogens is 270 g/mol. The number of hydrogen-bond donors (Lipinski definition) is 0. The molecule has 0 aliphatic rings. The van der Waals surface area contributed by atoms with Gasteiger partial charge in [-0.25, -0.2) is 9.78 Å². The first kappa shape index (κ1) is 13.2. The van der Waals surface area contributed by atoms with E-state index in [0.717, 1.165) is 5.52 Å². The van der Waals surface area contributed by atoms with Crippen LogP contribution in [0.3, 0.4) is 0 Å². The molecular formula is C16H13NO4. The lowest BCUT2D eigenvalue weighted by atomic mass is 10.2. The average molecular weight is 283 g/mol. The summed E-state index contributed by atoms with van der Waals surface area (Å²) in [7, 11) is 1.57. The lowest BCUT2D eigenvalue weighted by Gasteiger charge is -2.05. The maximum Gasteiger partial charge on any atom is 0.343 e. The van der Waals surface area contributed by atoms with Crippen molar-refractivity contribution in [3.05, 3.63) is 53.9 Å². The first-order valence-corrected chi connectivity index (χ1v) is 6.39. The Bertz CT molecular complexity index is 790. The second-order valence-corrected chi connectivity index (χ2v) is 4.48. The molecule has 21 heavy (non-hydrogen) atoms. The predicted octanol–water partition coefficient (Wildman–Crippen LogP) is 3.36. The van der Waals surface area contributed by atoms with Gasteiger partial charge in [-0.05, 0) is 36.4 Å². The molecule has 0 radical (unpaired) electrons. The molecule has 3 rings (SSSR count). The van der Waals surface area contributed by atoms with Crippen molar-refractivity contribution in [3.8, 4) is 11.5 Å². The number of aromatic nitrogens is 1. The third-order valence-electron chi connectivity index (χ3n) is 3.00. The van der Waals surface area contributed by atoms with Crippen LogP contribution < -0.4 is 9.47 Å². The Balaban J connectivity index is 1.81. The van der Waals surface area contributed by atoms with Crippen molar-refractivity contribution in [2.45, 2.75) is 6.92 Å². The predicted molar refractivity (Wildman–Crippen MR) is 76.7 cm³/mol. The zero-order chi connectivity index (χ0) is 14.8. The van der Waals surface area contributed by atoms with E-state index in [2.05, 4.69) is 4.98 Å². The van der Waals surface area contributed by atoms with Gasteiger partial charge in [0.2, 0.25) is 0 Å². The number of fused-ring (bicyclic) bond motifs is 1. The lowest BCUT2D eigenvalue weighted by molar-refractivity contribution is 0.0735. The van der Waals surface area contributed by atoms with Crippen molar-refractivity contribution in [1.82, 2.24) is 4.98 Å². The number of nitrogens with zero attached hydrogens (tertiary/aromatic N) is 1. The van der Waals surface area contributed by atoms with Crippen LogP contribution in [0.25, 0.3) is 11.1 Å². The van der Waals surface area contributed by atoms with E-state index in [1.165, 1.54) is 0 Å². The summed E-state index contributed by atoms with van der Waals surface area (Å²) in [6.45, 7) is 1.77. The summed E-state index contributed by atoms with van der Waals surface area (Å²) in [6.07, 6.45) is 0. The average Bonchev–Trinajstić information content (AvgIpc) is 2.86. The van der Waals surface area contributed by atoms with Gasteiger partial charge in [0.25, 0.3) is 0 Å². The van der Waals surface area contributed by atoms with Gasteiger partial charge in [-0.2, -0.15) is 0 Å². The first-order chi connectivity index (χ1) is 10.2. The highest BCUT2D eigenvalue weighted by molar-refractivity contribution is 5.91. The van der Waals surface area contributed by atoms with Crippen molar-refractivity contribution in [1.29, 1.82) is 0 Å². The van der Waals surface area contributed by atoms with Crippen LogP contribution in [-0.2, 0) is 0 Å². The Morgan fingerprint density at radius 3 is 2.52 bits per heavy atom. The van der Waals surface area contributed by atoms with Crippen LogP contribution >= 0.6 is 0 Å². The van der Waals surface area contributed by atoms with Gasteiger partial charge in [0.15, 0.2) is 11.5 Å². The van der Waals surface area contributed by atoms with Crippen molar-refractivity contribution in [2.24, 2.45) is 0 Å². The van der Waals surface area contributed by atoms with E-state index in [9.17, 15) is 4.79 Å². The van der Waals surface area contributed by atoms with E-state index >= 15 is 0 Å². The van der Waals surface area contributed by atoms with Gasteiger partial charge >= 0.3 is 5.97 Å². The van der Waals surface area contributed by atoms with Gasteiger partial charge in [0.05, 0.1) is 12.7 Å². The Morgan fingerprint density at radius 2 is 1.81 bits per heavy atom. The number of hydrogen-bond acceptors (Lipinski definition) is 5. The number of esters is 1. The van der Waals surface area contributed by atoms with E-state index < -0.39 is 5.97 Å². The van der Waals surface area contributed by atoms with Crippen LogP contribution in [-0.4, -0.2) is 18.1 Å². The molecule has 1 aromatic heterocycles. The standard InChI is InChI=1S/C16H13NO4/c1-10-17-14-8-7-13(9-15(14)20-10)21-16(18)11-3-5-12(19-2)6-4-11/h3-9H,1-2H3. The third kappa shape index (κ3) is 2.72. The molecule has 106 valence electrons. The number of ether oxygens (including phenoxy) is 2. The van der Waals surface area contributed by atoms with Gasteiger partial charge in [-0.3, -0.25) is 0 Å². The van der Waals surface area contributed by atoms with Crippen LogP contribution in [0.2, 0.25) is 0 Å². The highest BCUT2D eigenvalue weighted by Crippen LogP contribution is 2.22. The van der Waals surface area contributed by atoms with Crippen LogP contribution in [0.5, 0.6) is 11.5 Å². The molecule has 0 unspecified atom stereocenters. The third-order valence-corrected chi connectivity index (χ3v) is 3.00. The molecule has 2 aromatic carbocycles. The van der Waals surface area contributed by atoms with Crippen LogP contribution in [0.1, 0.15) is 16.2 Å². The fraction of sp³-hybridized carbons (Fsp3) is 0.125. The smallest absolute Gasteiger partial charge is 0.343 e. The summed E-state index contributed by atoms with van der Waals surface area (Å²) in [6, 6.07) is 11.8. The van der Waals surface area contributed by atoms with Gasteiger partial charge < -0.3 is 13.9 Å². The van der Waals surface area contributed by atoms with Crippen molar-refractivity contribution in [2.75, 3.05) is 7.11 Å². The summed E-state index contributed by atoms with van der Waals surface area (Å²) < 4.78 is 15.8. The van der Waals surface area contributed by atoms with E-state index in [4.69, 9.17) is 13.9 Å². The minimum atomic E-state index is -0.437. The Labute approximate surface area is 121 Å². The zero-order valence-electron chi connectivity index (χ0n) is 11.6. The quantitative estimate of drug-likeness (QED) is 0.545. The molecule has 0 atom stereocenters. The Morgan fingerprint density at radius 1 is 1.10 bits per heavy atom. The van der Waals surface area contributed by atoms with E-state index in [-0.39, 0.29) is 0 Å². The SMILES string of the molecule is COc1ccc(C(=O)Oc2ccc3nc(C)oc3c2)cc1. The molecule has 0 amide bonds. The van der Waals surface area contributed by atoms with Crippen molar-refractivity contribution in [3.63, 3.8) is 0 Å². The topological polar surface area (TPSA) is 61.6 Å². The number of rotatable bonds is 3. The fourth-order valence-corrected chi connectivity index (χ4v) is 1.98. The highest BCUT2D eigenvalue weighted by Gasteiger charge is 2.10. The second-order valence-electron chi connectivity index (χ2n) is 4.48. The van der Waals surface area contributed by atoms with Gasteiger partial charge in [0, 0.05) is 13.0 Å². The fourth-order valence-electron chi connectivity index (χ4n) is 1.98. The molecule has 0 aliphatic heterocycles. The maximum atomic E-state index is 12.0. The summed E-state index contributed by atoms with van der Waals surface area (Å²) in [5.74, 6) is 1.24. The summed E-state index contributed by atoms with van der Waals surface area (Å²) in [4.78, 5) is 16.2. The molecule has 0 saturated carbocycles. The normalized spacial score (nSPS) is 10.6. The molecule has 3 aromatic rings. The molecule has 0 aliphatic carbocycles. The number of oxazole rings is 1. The highest BCUT2D eigenvalue weighted by atomic mass is 16.5. The summed E-state index contributed by atoms with van der Waals surface area (Å²) in [5.41, 5.74) is 1.77. The molecule has 0 fully saturated rings. The molecule has 5 nitrogen and oxygen atoms in total. The van der Waals surface area contributed by atoms with E-state index in [1.807, 2.05) is 0 Å². The molecule has 0 N–H and O–H groups in total. The minimum Gasteiger partial charge on any atom is -0.497 e. The lowest BCUT2D eigenvalue weighted by Crippen LogP contribution is -2.08. The first-order valence-electron chi connectivity index (χ1n) is 6.39. The monoisotopic (exact) mass is 283 g/mol. The summed E-state index contributed by atoms with van der Waals surface area (Å²) in [5, 5.41) is 0. The van der Waals surface area contributed by atoms with Crippen molar-refractivity contribution >= 4 is 17.1 Å². The number of methoxy groups -OCH3 is 1. The Kier molecular flexibility index (Phi) is 3.31. The number of carbonyl (C=O) groups is 1. The molecule has 5 heteroatoms. The molecule has 0 spiro atoms. The molecule has 0 saturated heterocycles. The minimum absolute atomic E-state index is 0.416. The van der Waals surface area contributed by atoms with E-state index in [0.29, 0.717) is 28.5 Å². The number of benzene rings is 2. The van der Waals surface area contributed by atoms with Crippen LogP contribution in [0.15, 0.2) is 46.9 Å². The van der Waals surface area contributed by atoms with Crippen LogP contribution in [0, 0.1) is 6.92 Å². The van der Waals surface area contributed by atoms with Gasteiger partial charge in [-0.1, -0.05) is 0 Å². The Hall–Kier alpha value is -2.82. The van der Waals surface area contributed by atoms with Crippen LogP contribution in [0.4, 0.5) is 0 Å². The number of carbonyl (C=O) groups excluding carboxylic acids is 1. The van der Waals surface area contributed by atoms with Crippen molar-refractivity contribution < 1.29 is 18.7 Å². The van der Waals surface area contributed by atoms with E-state index in [1.54, 1.807) is 56.5 Å². The molecule has 0 bridgehead atoms. The molecule has 1 heterocycles. The van der Waals surface area contributed by atoms with Gasteiger partial charge in [-0.15, -0.1) is 0 Å². The van der Waals surface area contributed by atoms with Gasteiger partial charge in [0.1, 0.15) is 17.0 Å². The second kappa shape index (κ2) is 5.28. The summed E-state index contributed by atoms with van der Waals surface area (Å²) >= 11 is 0. The maximum absolute atomic E-state index is 12.0. The largest absolute Gasteiger partial charge is 0.497 e.